The standard InChI is InChI=1S/C15H18FN3O2S/c1-8(2)7-17-13(20)9(3)22-15-18-12-5-4-10(16)6-11(12)14(21)19-15/h4-6,8-9H,7H2,1-3H3,(H,17,20)(H,18,19,21). The summed E-state index contributed by atoms with van der Waals surface area (Å²) in [4.78, 5) is 30.7. The fourth-order valence-corrected chi connectivity index (χ4v) is 2.64. The number of benzene rings is 1. The quantitative estimate of drug-likeness (QED) is 0.654. The van der Waals surface area contributed by atoms with E-state index in [9.17, 15) is 14.0 Å². The van der Waals surface area contributed by atoms with Crippen molar-refractivity contribution < 1.29 is 9.18 Å². The van der Waals surface area contributed by atoms with Crippen LogP contribution >= 0.6 is 11.8 Å². The Morgan fingerprint density at radius 3 is 2.82 bits per heavy atom. The van der Waals surface area contributed by atoms with Crippen LogP contribution in [0, 0.1) is 11.7 Å². The van der Waals surface area contributed by atoms with Crippen molar-refractivity contribution in [3.05, 3.63) is 34.4 Å². The molecular formula is C15H18FN3O2S. The Morgan fingerprint density at radius 1 is 1.41 bits per heavy atom. The van der Waals surface area contributed by atoms with Crippen LogP contribution in [0.1, 0.15) is 20.8 Å². The number of carbonyl (C=O) groups excluding carboxylic acids is 1. The van der Waals surface area contributed by atoms with Crippen molar-refractivity contribution in [1.29, 1.82) is 0 Å². The monoisotopic (exact) mass is 323 g/mol. The number of aromatic nitrogens is 2. The van der Waals surface area contributed by atoms with Crippen LogP contribution in [0.15, 0.2) is 28.2 Å². The molecule has 1 amide bonds. The summed E-state index contributed by atoms with van der Waals surface area (Å²) in [5.41, 5.74) is -0.00997. The van der Waals surface area contributed by atoms with E-state index in [4.69, 9.17) is 0 Å². The van der Waals surface area contributed by atoms with E-state index in [0.29, 0.717) is 23.1 Å². The van der Waals surface area contributed by atoms with Gasteiger partial charge in [0.2, 0.25) is 5.91 Å². The maximum atomic E-state index is 13.1. The van der Waals surface area contributed by atoms with Gasteiger partial charge < -0.3 is 10.3 Å². The van der Waals surface area contributed by atoms with Crippen LogP contribution < -0.4 is 10.9 Å². The highest BCUT2D eigenvalue weighted by Crippen LogP contribution is 2.20. The number of H-pyrrole nitrogens is 1. The van der Waals surface area contributed by atoms with E-state index < -0.39 is 11.4 Å². The summed E-state index contributed by atoms with van der Waals surface area (Å²) in [6, 6.07) is 3.85. The Labute approximate surface area is 131 Å². The lowest BCUT2D eigenvalue weighted by atomic mass is 10.2. The summed E-state index contributed by atoms with van der Waals surface area (Å²) >= 11 is 1.16. The average molecular weight is 323 g/mol. The number of carbonyl (C=O) groups is 1. The van der Waals surface area contributed by atoms with Gasteiger partial charge in [0, 0.05) is 6.54 Å². The molecule has 1 aromatic carbocycles. The first kappa shape index (κ1) is 16.5. The van der Waals surface area contributed by atoms with Crippen molar-refractivity contribution in [2.24, 2.45) is 5.92 Å². The number of hydrogen-bond acceptors (Lipinski definition) is 4. The third-order valence-corrected chi connectivity index (χ3v) is 3.97. The molecule has 0 aliphatic carbocycles. The first-order valence-corrected chi connectivity index (χ1v) is 7.88. The summed E-state index contributed by atoms with van der Waals surface area (Å²) in [5, 5.41) is 2.98. The predicted molar refractivity (Wildman–Crippen MR) is 85.5 cm³/mol. The molecule has 1 atom stereocenters. The number of hydrogen-bond donors (Lipinski definition) is 2. The minimum Gasteiger partial charge on any atom is -0.355 e. The van der Waals surface area contributed by atoms with E-state index in [-0.39, 0.29) is 16.5 Å². The zero-order chi connectivity index (χ0) is 16.3. The number of fused-ring (bicyclic) bond motifs is 1. The van der Waals surface area contributed by atoms with Gasteiger partial charge in [-0.3, -0.25) is 9.59 Å². The highest BCUT2D eigenvalue weighted by Gasteiger charge is 2.16. The van der Waals surface area contributed by atoms with Gasteiger partial charge in [0.05, 0.1) is 16.2 Å². The van der Waals surface area contributed by atoms with E-state index in [1.54, 1.807) is 6.92 Å². The van der Waals surface area contributed by atoms with Crippen molar-refractivity contribution in [2.75, 3.05) is 6.54 Å². The molecule has 1 aromatic heterocycles. The molecule has 1 unspecified atom stereocenters. The van der Waals surface area contributed by atoms with Crippen LogP contribution in [0.25, 0.3) is 10.9 Å². The summed E-state index contributed by atoms with van der Waals surface area (Å²) in [7, 11) is 0. The third-order valence-electron chi connectivity index (χ3n) is 2.99. The van der Waals surface area contributed by atoms with Crippen LogP contribution in [0.2, 0.25) is 0 Å². The molecule has 0 aliphatic heterocycles. The van der Waals surface area contributed by atoms with Gasteiger partial charge in [0.1, 0.15) is 5.82 Å². The summed E-state index contributed by atoms with van der Waals surface area (Å²) in [5.74, 6) is -0.225. The molecule has 0 saturated carbocycles. The normalized spacial score (nSPS) is 12.6. The number of aromatic amines is 1. The Balaban J connectivity index is 2.16. The van der Waals surface area contributed by atoms with E-state index in [1.807, 2.05) is 13.8 Å². The van der Waals surface area contributed by atoms with Crippen molar-refractivity contribution >= 4 is 28.6 Å². The number of thioether (sulfide) groups is 1. The Hall–Kier alpha value is -1.89. The van der Waals surface area contributed by atoms with Gasteiger partial charge in [-0.05, 0) is 31.0 Å². The molecule has 0 aliphatic rings. The van der Waals surface area contributed by atoms with Crippen LogP contribution in [-0.4, -0.2) is 27.7 Å². The highest BCUT2D eigenvalue weighted by molar-refractivity contribution is 8.00. The number of rotatable bonds is 5. The molecule has 5 nitrogen and oxygen atoms in total. The number of nitrogens with one attached hydrogen (secondary N) is 2. The molecule has 2 aromatic rings. The van der Waals surface area contributed by atoms with Crippen LogP contribution in [-0.2, 0) is 4.79 Å². The lowest BCUT2D eigenvalue weighted by Crippen LogP contribution is -2.33. The highest BCUT2D eigenvalue weighted by atomic mass is 32.2. The molecule has 22 heavy (non-hydrogen) atoms. The minimum absolute atomic E-state index is 0.111. The van der Waals surface area contributed by atoms with Gasteiger partial charge >= 0.3 is 0 Å². The molecule has 0 saturated heterocycles. The van der Waals surface area contributed by atoms with Crippen molar-refractivity contribution in [3.8, 4) is 0 Å². The Kier molecular flexibility index (Phi) is 5.18. The van der Waals surface area contributed by atoms with E-state index in [0.717, 1.165) is 17.8 Å². The maximum Gasteiger partial charge on any atom is 0.259 e. The van der Waals surface area contributed by atoms with Crippen molar-refractivity contribution in [2.45, 2.75) is 31.2 Å². The summed E-state index contributed by atoms with van der Waals surface area (Å²) < 4.78 is 13.1. The van der Waals surface area contributed by atoms with Gasteiger partial charge in [0.25, 0.3) is 5.56 Å². The molecule has 0 fully saturated rings. The second-order valence-corrected chi connectivity index (χ2v) is 6.76. The molecule has 118 valence electrons. The lowest BCUT2D eigenvalue weighted by molar-refractivity contribution is -0.120. The molecule has 2 N–H and O–H groups in total. The van der Waals surface area contributed by atoms with Crippen molar-refractivity contribution in [1.82, 2.24) is 15.3 Å². The Bertz CT molecular complexity index is 745. The molecule has 0 spiro atoms. The number of amides is 1. The van der Waals surface area contributed by atoms with Gasteiger partial charge in [-0.1, -0.05) is 25.6 Å². The van der Waals surface area contributed by atoms with E-state index >= 15 is 0 Å². The zero-order valence-corrected chi connectivity index (χ0v) is 13.5. The Morgan fingerprint density at radius 2 is 2.14 bits per heavy atom. The fraction of sp³-hybridized carbons (Fsp3) is 0.400. The van der Waals surface area contributed by atoms with E-state index in [2.05, 4.69) is 15.3 Å². The molecule has 7 heteroatoms. The second kappa shape index (κ2) is 6.91. The summed E-state index contributed by atoms with van der Waals surface area (Å²) in [6.07, 6.45) is 0. The first-order valence-electron chi connectivity index (χ1n) is 7.00. The van der Waals surface area contributed by atoms with E-state index in [1.165, 1.54) is 12.1 Å². The predicted octanol–water partition coefficient (Wildman–Crippen LogP) is 2.31. The lowest BCUT2D eigenvalue weighted by Gasteiger charge is -2.12. The molecule has 0 bridgehead atoms. The topological polar surface area (TPSA) is 74.8 Å². The average Bonchev–Trinajstić information content (AvgIpc) is 2.45. The van der Waals surface area contributed by atoms with Crippen LogP contribution in [0.3, 0.4) is 0 Å². The fourth-order valence-electron chi connectivity index (χ4n) is 1.81. The molecule has 1 heterocycles. The largest absolute Gasteiger partial charge is 0.355 e. The maximum absolute atomic E-state index is 13.1. The van der Waals surface area contributed by atoms with Crippen LogP contribution in [0.4, 0.5) is 4.39 Å². The van der Waals surface area contributed by atoms with Gasteiger partial charge in [-0.15, -0.1) is 0 Å². The van der Waals surface area contributed by atoms with Gasteiger partial charge in [-0.25, -0.2) is 9.37 Å². The summed E-state index contributed by atoms with van der Waals surface area (Å²) in [6.45, 7) is 6.37. The second-order valence-electron chi connectivity index (χ2n) is 5.43. The van der Waals surface area contributed by atoms with Crippen LogP contribution in [0.5, 0.6) is 0 Å². The minimum atomic E-state index is -0.485. The molecule has 0 radical (unpaired) electrons. The molecule has 2 rings (SSSR count). The van der Waals surface area contributed by atoms with Gasteiger partial charge in [0.15, 0.2) is 5.16 Å². The zero-order valence-electron chi connectivity index (χ0n) is 12.6. The third kappa shape index (κ3) is 4.07. The smallest absolute Gasteiger partial charge is 0.259 e. The first-order chi connectivity index (χ1) is 10.4. The molecular weight excluding hydrogens is 305 g/mol. The van der Waals surface area contributed by atoms with Gasteiger partial charge in [-0.2, -0.15) is 0 Å². The number of halogens is 1. The van der Waals surface area contributed by atoms with Crippen molar-refractivity contribution in [3.63, 3.8) is 0 Å². The number of nitrogens with zero attached hydrogens (tertiary/aromatic N) is 1. The SMILES string of the molecule is CC(C)CNC(=O)C(C)Sc1nc2ccc(F)cc2c(=O)[nH]1.